The van der Waals surface area contributed by atoms with Gasteiger partial charge in [0.2, 0.25) is 5.91 Å². The minimum atomic E-state index is -0.876. The summed E-state index contributed by atoms with van der Waals surface area (Å²) in [5.74, 6) is -0.0584. The van der Waals surface area contributed by atoms with Crippen LogP contribution >= 0.6 is 11.6 Å². The van der Waals surface area contributed by atoms with E-state index in [0.717, 1.165) is 4.90 Å². The molecular formula is C23H18ClN3O4. The number of amides is 3. The van der Waals surface area contributed by atoms with Gasteiger partial charge in [-0.1, -0.05) is 41.9 Å². The molecule has 8 heteroatoms. The predicted octanol–water partition coefficient (Wildman–Crippen LogP) is 3.70. The first kappa shape index (κ1) is 20.6. The van der Waals surface area contributed by atoms with E-state index in [2.05, 4.69) is 10.9 Å². The second-order valence-corrected chi connectivity index (χ2v) is 7.22. The highest BCUT2D eigenvalue weighted by Gasteiger charge is 2.39. The second kappa shape index (κ2) is 8.99. The number of ether oxygens (including phenoxy) is 1. The molecule has 0 unspecified atom stereocenters. The summed E-state index contributed by atoms with van der Waals surface area (Å²) in [6.45, 7) is 0. The molecule has 1 atom stereocenters. The zero-order valence-corrected chi connectivity index (χ0v) is 17.0. The van der Waals surface area contributed by atoms with Gasteiger partial charge in [-0.3, -0.25) is 19.8 Å². The molecule has 0 aromatic heterocycles. The highest BCUT2D eigenvalue weighted by Crippen LogP contribution is 2.27. The summed E-state index contributed by atoms with van der Waals surface area (Å²) < 4.78 is 5.73. The van der Waals surface area contributed by atoms with Crippen LogP contribution in [0.25, 0.3) is 0 Å². The minimum absolute atomic E-state index is 0.0795. The van der Waals surface area contributed by atoms with Gasteiger partial charge in [-0.15, -0.1) is 0 Å². The number of hydrogen-bond donors (Lipinski definition) is 2. The molecule has 1 saturated heterocycles. The summed E-state index contributed by atoms with van der Waals surface area (Å²) in [5.41, 5.74) is 5.78. The normalized spacial score (nSPS) is 15.8. The van der Waals surface area contributed by atoms with Crippen LogP contribution in [-0.2, 0) is 9.59 Å². The van der Waals surface area contributed by atoms with Gasteiger partial charge in [0.05, 0.1) is 22.7 Å². The maximum absolute atomic E-state index is 12.7. The van der Waals surface area contributed by atoms with E-state index >= 15 is 0 Å². The molecule has 1 fully saturated rings. The molecule has 0 aliphatic carbocycles. The number of carbonyl (C=O) groups excluding carboxylic acids is 3. The summed E-state index contributed by atoms with van der Waals surface area (Å²) in [5, 5.41) is 0.287. The first-order valence-electron chi connectivity index (χ1n) is 9.53. The van der Waals surface area contributed by atoms with Crippen molar-refractivity contribution < 1.29 is 19.1 Å². The predicted molar refractivity (Wildman–Crippen MR) is 116 cm³/mol. The molecule has 3 aromatic rings. The fraction of sp³-hybridized carbons (Fsp3) is 0.0870. The van der Waals surface area contributed by atoms with E-state index in [-0.39, 0.29) is 22.9 Å². The van der Waals surface area contributed by atoms with Crippen LogP contribution in [0.4, 0.5) is 5.69 Å². The van der Waals surface area contributed by atoms with Crippen molar-refractivity contribution in [2.24, 2.45) is 0 Å². The highest BCUT2D eigenvalue weighted by atomic mass is 35.5. The van der Waals surface area contributed by atoms with Gasteiger partial charge in [0.15, 0.2) is 0 Å². The Morgan fingerprint density at radius 2 is 1.55 bits per heavy atom. The SMILES string of the molecule is O=C(NN[C@@H]1CC(=O)N(c2ccc(Oc3ccccc3)cc2)C1=O)c1ccccc1Cl. The number of carbonyl (C=O) groups is 3. The molecule has 3 amide bonds. The minimum Gasteiger partial charge on any atom is -0.457 e. The van der Waals surface area contributed by atoms with Crippen molar-refractivity contribution in [3.8, 4) is 11.5 Å². The van der Waals surface area contributed by atoms with Crippen molar-refractivity contribution in [2.45, 2.75) is 12.5 Å². The lowest BCUT2D eigenvalue weighted by Crippen LogP contribution is -2.48. The maximum atomic E-state index is 12.7. The summed E-state index contributed by atoms with van der Waals surface area (Å²) >= 11 is 6.01. The second-order valence-electron chi connectivity index (χ2n) is 6.81. The van der Waals surface area contributed by atoms with E-state index in [1.54, 1.807) is 48.5 Å². The van der Waals surface area contributed by atoms with Crippen LogP contribution in [0.3, 0.4) is 0 Å². The fourth-order valence-corrected chi connectivity index (χ4v) is 3.39. The number of imide groups is 1. The number of para-hydroxylation sites is 1. The lowest BCUT2D eigenvalue weighted by atomic mass is 10.2. The van der Waals surface area contributed by atoms with Crippen molar-refractivity contribution >= 4 is 35.0 Å². The van der Waals surface area contributed by atoms with Crippen LogP contribution < -0.4 is 20.5 Å². The largest absolute Gasteiger partial charge is 0.457 e. The smallest absolute Gasteiger partial charge is 0.266 e. The Morgan fingerprint density at radius 1 is 0.903 bits per heavy atom. The van der Waals surface area contributed by atoms with E-state index in [1.165, 1.54) is 0 Å². The highest BCUT2D eigenvalue weighted by molar-refractivity contribution is 6.33. The molecule has 1 aliphatic rings. The molecule has 156 valence electrons. The summed E-state index contributed by atoms with van der Waals surface area (Å²) in [6, 6.07) is 21.6. The Hall–Kier alpha value is -3.68. The van der Waals surface area contributed by atoms with Crippen LogP contribution in [0.15, 0.2) is 78.9 Å². The summed E-state index contributed by atoms with van der Waals surface area (Å²) in [6.07, 6.45) is -0.0795. The Labute approximate surface area is 183 Å². The van der Waals surface area contributed by atoms with Crippen molar-refractivity contribution in [1.29, 1.82) is 0 Å². The lowest BCUT2D eigenvalue weighted by Gasteiger charge is -2.16. The van der Waals surface area contributed by atoms with Crippen molar-refractivity contribution in [3.05, 3.63) is 89.4 Å². The van der Waals surface area contributed by atoms with Gasteiger partial charge >= 0.3 is 0 Å². The third-order valence-corrected chi connectivity index (χ3v) is 5.03. The number of anilines is 1. The molecule has 2 N–H and O–H groups in total. The molecule has 3 aromatic carbocycles. The Kier molecular flexibility index (Phi) is 5.97. The van der Waals surface area contributed by atoms with E-state index in [4.69, 9.17) is 16.3 Å². The van der Waals surface area contributed by atoms with Crippen LogP contribution in [-0.4, -0.2) is 23.8 Å². The van der Waals surface area contributed by atoms with Crippen LogP contribution in [0.2, 0.25) is 5.02 Å². The van der Waals surface area contributed by atoms with Crippen LogP contribution in [0.1, 0.15) is 16.8 Å². The van der Waals surface area contributed by atoms with Crippen molar-refractivity contribution in [2.75, 3.05) is 4.90 Å². The topological polar surface area (TPSA) is 87.7 Å². The average Bonchev–Trinajstić information content (AvgIpc) is 3.07. The summed E-state index contributed by atoms with van der Waals surface area (Å²) in [4.78, 5) is 38.5. The number of nitrogens with one attached hydrogen (secondary N) is 2. The molecule has 0 radical (unpaired) electrons. The number of halogens is 1. The van der Waals surface area contributed by atoms with Crippen LogP contribution in [0, 0.1) is 0 Å². The lowest BCUT2D eigenvalue weighted by molar-refractivity contribution is -0.121. The zero-order chi connectivity index (χ0) is 21.8. The quantitative estimate of drug-likeness (QED) is 0.455. The maximum Gasteiger partial charge on any atom is 0.266 e. The molecular weight excluding hydrogens is 418 g/mol. The van der Waals surface area contributed by atoms with Gasteiger partial charge in [-0.2, -0.15) is 0 Å². The van der Waals surface area contributed by atoms with Crippen LogP contribution in [0.5, 0.6) is 11.5 Å². The zero-order valence-electron chi connectivity index (χ0n) is 16.2. The molecule has 0 spiro atoms. The third-order valence-electron chi connectivity index (χ3n) is 4.70. The van der Waals surface area contributed by atoms with E-state index < -0.39 is 17.9 Å². The van der Waals surface area contributed by atoms with Gasteiger partial charge in [0, 0.05) is 0 Å². The van der Waals surface area contributed by atoms with Crippen molar-refractivity contribution in [3.63, 3.8) is 0 Å². The number of benzene rings is 3. The first-order chi connectivity index (χ1) is 15.0. The van der Waals surface area contributed by atoms with Gasteiger partial charge in [0.25, 0.3) is 11.8 Å². The number of nitrogens with zero attached hydrogens (tertiary/aromatic N) is 1. The van der Waals surface area contributed by atoms with E-state index in [0.29, 0.717) is 17.2 Å². The van der Waals surface area contributed by atoms with Gasteiger partial charge in [-0.25, -0.2) is 10.3 Å². The Bertz CT molecular complexity index is 1120. The van der Waals surface area contributed by atoms with E-state index in [1.807, 2.05) is 30.3 Å². The molecule has 0 saturated carbocycles. The molecule has 7 nitrogen and oxygen atoms in total. The molecule has 1 aliphatic heterocycles. The number of hydrazine groups is 1. The first-order valence-corrected chi connectivity index (χ1v) is 9.91. The average molecular weight is 436 g/mol. The fourth-order valence-electron chi connectivity index (χ4n) is 3.17. The van der Waals surface area contributed by atoms with Gasteiger partial charge < -0.3 is 4.74 Å². The molecule has 1 heterocycles. The van der Waals surface area contributed by atoms with E-state index in [9.17, 15) is 14.4 Å². The number of rotatable bonds is 6. The number of hydrogen-bond acceptors (Lipinski definition) is 5. The monoisotopic (exact) mass is 435 g/mol. The van der Waals surface area contributed by atoms with Crippen molar-refractivity contribution in [1.82, 2.24) is 10.9 Å². The molecule has 4 rings (SSSR count). The van der Waals surface area contributed by atoms with Gasteiger partial charge in [-0.05, 0) is 48.5 Å². The molecule has 0 bridgehead atoms. The third kappa shape index (κ3) is 4.58. The standard InChI is InChI=1S/C23H18ClN3O4/c24-19-9-5-4-8-18(19)22(29)26-25-20-14-21(28)27(23(20)30)15-10-12-17(13-11-15)31-16-6-2-1-3-7-16/h1-13,20,25H,14H2,(H,26,29)/t20-/m1/s1. The summed E-state index contributed by atoms with van der Waals surface area (Å²) in [7, 11) is 0. The molecule has 31 heavy (non-hydrogen) atoms. The Morgan fingerprint density at radius 3 is 2.26 bits per heavy atom. The van der Waals surface area contributed by atoms with Gasteiger partial charge in [0.1, 0.15) is 17.5 Å². The Balaban J connectivity index is 1.40.